The van der Waals surface area contributed by atoms with Crippen molar-refractivity contribution in [3.05, 3.63) is 24.0 Å². The van der Waals surface area contributed by atoms with Crippen LogP contribution in [0.3, 0.4) is 0 Å². The number of carboxylic acid groups (broad SMARTS) is 1. The summed E-state index contributed by atoms with van der Waals surface area (Å²) in [4.78, 5) is 15.4. The van der Waals surface area contributed by atoms with Gasteiger partial charge in [0.05, 0.1) is 24.0 Å². The summed E-state index contributed by atoms with van der Waals surface area (Å²) in [7, 11) is 0. The van der Waals surface area contributed by atoms with Crippen LogP contribution in [-0.2, 0) is 4.74 Å². The Kier molecular flexibility index (Phi) is 2.69. The van der Waals surface area contributed by atoms with Crippen LogP contribution < -0.4 is 0 Å². The van der Waals surface area contributed by atoms with Crippen molar-refractivity contribution < 1.29 is 14.6 Å². The highest BCUT2D eigenvalue weighted by molar-refractivity contribution is 8.00. The molecule has 0 saturated carbocycles. The normalized spacial score (nSPS) is 16.3. The molecule has 4 nitrogen and oxygen atoms in total. The first kappa shape index (κ1) is 9.48. The average Bonchev–Trinajstić information content (AvgIpc) is 2.12. The Morgan fingerprint density at radius 2 is 2.43 bits per heavy atom. The Morgan fingerprint density at radius 3 is 3.00 bits per heavy atom. The van der Waals surface area contributed by atoms with Gasteiger partial charge in [-0.2, -0.15) is 0 Å². The highest BCUT2D eigenvalue weighted by Gasteiger charge is 2.22. The van der Waals surface area contributed by atoms with E-state index in [0.717, 1.165) is 4.90 Å². The molecule has 1 fully saturated rings. The van der Waals surface area contributed by atoms with Gasteiger partial charge in [0, 0.05) is 17.3 Å². The van der Waals surface area contributed by atoms with E-state index >= 15 is 0 Å². The maximum absolute atomic E-state index is 10.8. The van der Waals surface area contributed by atoms with Crippen LogP contribution in [0.4, 0.5) is 0 Å². The minimum absolute atomic E-state index is 0.268. The van der Waals surface area contributed by atoms with Gasteiger partial charge in [0.15, 0.2) is 0 Å². The van der Waals surface area contributed by atoms with E-state index < -0.39 is 5.97 Å². The fourth-order valence-electron chi connectivity index (χ4n) is 1.11. The molecule has 2 heterocycles. The summed E-state index contributed by atoms with van der Waals surface area (Å²) in [5.74, 6) is -0.930. The van der Waals surface area contributed by atoms with Crippen molar-refractivity contribution >= 4 is 17.7 Å². The second kappa shape index (κ2) is 3.98. The summed E-state index contributed by atoms with van der Waals surface area (Å²) < 4.78 is 5.02. The molecule has 1 aliphatic heterocycles. The highest BCUT2D eigenvalue weighted by atomic mass is 32.2. The number of thioether (sulfide) groups is 1. The zero-order chi connectivity index (χ0) is 9.97. The maximum Gasteiger partial charge on any atom is 0.338 e. The zero-order valence-corrected chi connectivity index (χ0v) is 8.16. The van der Waals surface area contributed by atoms with Gasteiger partial charge in [-0.3, -0.25) is 4.98 Å². The molecule has 1 saturated heterocycles. The van der Waals surface area contributed by atoms with E-state index in [4.69, 9.17) is 9.84 Å². The summed E-state index contributed by atoms with van der Waals surface area (Å²) in [6, 6.07) is 1.73. The van der Waals surface area contributed by atoms with Gasteiger partial charge in [-0.15, -0.1) is 11.8 Å². The molecule has 0 radical (unpaired) electrons. The molecule has 74 valence electrons. The van der Waals surface area contributed by atoms with Crippen molar-refractivity contribution in [3.8, 4) is 0 Å². The van der Waals surface area contributed by atoms with Crippen LogP contribution in [0.15, 0.2) is 23.4 Å². The molecule has 1 aromatic rings. The van der Waals surface area contributed by atoms with E-state index in [2.05, 4.69) is 4.98 Å². The van der Waals surface area contributed by atoms with Crippen molar-refractivity contribution in [2.24, 2.45) is 0 Å². The number of aromatic carboxylic acids is 1. The molecule has 5 heteroatoms. The van der Waals surface area contributed by atoms with E-state index in [-0.39, 0.29) is 5.56 Å². The van der Waals surface area contributed by atoms with E-state index in [9.17, 15) is 4.79 Å². The molecule has 1 N–H and O–H groups in total. The Morgan fingerprint density at radius 1 is 1.64 bits per heavy atom. The highest BCUT2D eigenvalue weighted by Crippen LogP contribution is 2.29. The largest absolute Gasteiger partial charge is 0.478 e. The molecular weight excluding hydrogens is 202 g/mol. The van der Waals surface area contributed by atoms with Gasteiger partial charge in [-0.05, 0) is 6.07 Å². The number of aromatic nitrogens is 1. The number of rotatable bonds is 3. The monoisotopic (exact) mass is 211 g/mol. The lowest BCUT2D eigenvalue weighted by Gasteiger charge is -2.25. The average molecular weight is 211 g/mol. The topological polar surface area (TPSA) is 59.4 Å². The van der Waals surface area contributed by atoms with Crippen LogP contribution in [0.1, 0.15) is 10.4 Å². The fraction of sp³-hybridized carbons (Fsp3) is 0.333. The third-order valence-corrected chi connectivity index (χ3v) is 3.13. The quantitative estimate of drug-likeness (QED) is 0.815. The zero-order valence-electron chi connectivity index (χ0n) is 7.34. The number of pyridine rings is 1. The molecule has 2 rings (SSSR count). The van der Waals surface area contributed by atoms with E-state index in [1.54, 1.807) is 12.3 Å². The third kappa shape index (κ3) is 1.88. The van der Waals surface area contributed by atoms with Crippen LogP contribution >= 0.6 is 11.8 Å². The first-order valence-electron chi connectivity index (χ1n) is 4.19. The number of nitrogens with zero attached hydrogens (tertiary/aromatic N) is 1. The minimum Gasteiger partial charge on any atom is -0.478 e. The van der Waals surface area contributed by atoms with Crippen molar-refractivity contribution in [2.75, 3.05) is 13.2 Å². The molecule has 0 aliphatic carbocycles. The SMILES string of the molecule is O=C(O)c1cnccc1SC1COC1. The first-order valence-corrected chi connectivity index (χ1v) is 5.07. The number of ether oxygens (including phenoxy) is 1. The molecule has 0 unspecified atom stereocenters. The van der Waals surface area contributed by atoms with Crippen LogP contribution in [0, 0.1) is 0 Å². The van der Waals surface area contributed by atoms with E-state index in [1.807, 2.05) is 0 Å². The molecule has 0 amide bonds. The second-order valence-electron chi connectivity index (χ2n) is 2.95. The number of hydrogen-bond acceptors (Lipinski definition) is 4. The van der Waals surface area contributed by atoms with Gasteiger partial charge < -0.3 is 9.84 Å². The van der Waals surface area contributed by atoms with Crippen molar-refractivity contribution in [1.29, 1.82) is 0 Å². The minimum atomic E-state index is -0.930. The summed E-state index contributed by atoms with van der Waals surface area (Å²) in [5.41, 5.74) is 0.268. The molecule has 1 aromatic heterocycles. The summed E-state index contributed by atoms with van der Waals surface area (Å²) in [5, 5.41) is 9.27. The fourth-order valence-corrected chi connectivity index (χ4v) is 2.20. The third-order valence-electron chi connectivity index (χ3n) is 1.91. The standard InChI is InChI=1S/C9H9NO3S/c11-9(12)7-3-10-2-1-8(7)14-6-4-13-5-6/h1-3,6H,4-5H2,(H,11,12). The summed E-state index contributed by atoms with van der Waals surface area (Å²) in [6.45, 7) is 1.40. The Labute approximate surface area is 85.3 Å². The molecule has 14 heavy (non-hydrogen) atoms. The predicted molar refractivity (Wildman–Crippen MR) is 51.7 cm³/mol. The Hall–Kier alpha value is -1.07. The Bertz CT molecular complexity index is 352. The van der Waals surface area contributed by atoms with Gasteiger partial charge in [-0.25, -0.2) is 4.79 Å². The maximum atomic E-state index is 10.8. The molecular formula is C9H9NO3S. The van der Waals surface area contributed by atoms with Crippen molar-refractivity contribution in [2.45, 2.75) is 10.1 Å². The summed E-state index contributed by atoms with van der Waals surface area (Å²) in [6.07, 6.45) is 2.98. The molecule has 1 aliphatic rings. The van der Waals surface area contributed by atoms with Crippen molar-refractivity contribution in [3.63, 3.8) is 0 Å². The predicted octanol–water partition coefficient (Wildman–Crippen LogP) is 1.27. The molecule has 0 aromatic carbocycles. The lowest BCUT2D eigenvalue weighted by Crippen LogP contribution is -2.30. The first-order chi connectivity index (χ1) is 6.77. The van der Waals surface area contributed by atoms with Gasteiger partial charge in [-0.1, -0.05) is 0 Å². The van der Waals surface area contributed by atoms with Gasteiger partial charge >= 0.3 is 5.97 Å². The number of carboxylic acids is 1. The van der Waals surface area contributed by atoms with Crippen molar-refractivity contribution in [1.82, 2.24) is 4.98 Å². The summed E-state index contributed by atoms with van der Waals surface area (Å²) >= 11 is 1.54. The lowest BCUT2D eigenvalue weighted by atomic mass is 10.3. The van der Waals surface area contributed by atoms with Crippen LogP contribution in [0.2, 0.25) is 0 Å². The lowest BCUT2D eigenvalue weighted by molar-refractivity contribution is 0.0454. The molecule has 0 bridgehead atoms. The van der Waals surface area contributed by atoms with Gasteiger partial charge in [0.25, 0.3) is 0 Å². The van der Waals surface area contributed by atoms with Crippen LogP contribution in [-0.4, -0.2) is 34.5 Å². The molecule has 0 spiro atoms. The van der Waals surface area contributed by atoms with Gasteiger partial charge in [0.1, 0.15) is 0 Å². The smallest absolute Gasteiger partial charge is 0.338 e. The molecule has 0 atom stereocenters. The van der Waals surface area contributed by atoms with E-state index in [0.29, 0.717) is 18.5 Å². The van der Waals surface area contributed by atoms with Gasteiger partial charge in [0.2, 0.25) is 0 Å². The second-order valence-corrected chi connectivity index (χ2v) is 4.30. The number of carbonyl (C=O) groups is 1. The van der Waals surface area contributed by atoms with E-state index in [1.165, 1.54) is 18.0 Å². The Balaban J connectivity index is 2.17. The van der Waals surface area contributed by atoms with Crippen LogP contribution in [0.5, 0.6) is 0 Å². The number of hydrogen-bond donors (Lipinski definition) is 1. The van der Waals surface area contributed by atoms with Crippen LogP contribution in [0.25, 0.3) is 0 Å².